The number of carbonyl (C=O) groups excluding carboxylic acids is 1. The van der Waals surface area contributed by atoms with Gasteiger partial charge in [0.25, 0.3) is 0 Å². The normalized spacial score (nSPS) is 12.1. The van der Waals surface area contributed by atoms with Crippen LogP contribution in [0.25, 0.3) is 0 Å². The molecule has 0 atom stereocenters. The van der Waals surface area contributed by atoms with Crippen LogP contribution < -0.4 is 20.1 Å². The molecule has 126 valence electrons. The fraction of sp³-hybridized carbons (Fsp3) is 0.235. The van der Waals surface area contributed by atoms with Gasteiger partial charge in [0.15, 0.2) is 11.5 Å². The number of amides is 2. The third-order valence-electron chi connectivity index (χ3n) is 3.59. The summed E-state index contributed by atoms with van der Waals surface area (Å²) < 4.78 is 10.6. The fourth-order valence-corrected chi connectivity index (χ4v) is 2.83. The average Bonchev–Trinajstić information content (AvgIpc) is 3.02. The minimum atomic E-state index is -0.238. The van der Waals surface area contributed by atoms with Gasteiger partial charge in [-0.25, -0.2) is 4.79 Å². The van der Waals surface area contributed by atoms with Crippen molar-refractivity contribution < 1.29 is 14.3 Å². The van der Waals surface area contributed by atoms with Crippen molar-refractivity contribution in [2.45, 2.75) is 13.0 Å². The summed E-state index contributed by atoms with van der Waals surface area (Å²) in [4.78, 5) is 11.8. The van der Waals surface area contributed by atoms with E-state index < -0.39 is 0 Å². The first-order valence-corrected chi connectivity index (χ1v) is 8.21. The second-order valence-corrected chi connectivity index (χ2v) is 6.13. The Hall–Kier alpha value is -2.11. The summed E-state index contributed by atoms with van der Waals surface area (Å²) >= 11 is 12.0. The second-order valence-electron chi connectivity index (χ2n) is 5.28. The van der Waals surface area contributed by atoms with Crippen LogP contribution in [-0.4, -0.2) is 19.4 Å². The summed E-state index contributed by atoms with van der Waals surface area (Å²) in [5.74, 6) is 1.43. The van der Waals surface area contributed by atoms with Gasteiger partial charge >= 0.3 is 6.03 Å². The smallest absolute Gasteiger partial charge is 0.315 e. The van der Waals surface area contributed by atoms with Gasteiger partial charge in [0.05, 0.1) is 0 Å². The van der Waals surface area contributed by atoms with Gasteiger partial charge in [0, 0.05) is 23.1 Å². The Kier molecular flexibility index (Phi) is 5.33. The number of halogens is 2. The molecule has 1 aliphatic heterocycles. The lowest BCUT2D eigenvalue weighted by Gasteiger charge is -2.09. The van der Waals surface area contributed by atoms with E-state index in [1.165, 1.54) is 0 Å². The van der Waals surface area contributed by atoms with Crippen LogP contribution in [0.15, 0.2) is 36.4 Å². The van der Waals surface area contributed by atoms with E-state index in [0.717, 1.165) is 16.9 Å². The third-order valence-corrected chi connectivity index (χ3v) is 4.17. The van der Waals surface area contributed by atoms with Gasteiger partial charge < -0.3 is 20.1 Å². The molecule has 24 heavy (non-hydrogen) atoms. The highest BCUT2D eigenvalue weighted by molar-refractivity contribution is 6.35. The lowest BCUT2D eigenvalue weighted by atomic mass is 10.1. The molecule has 0 saturated carbocycles. The standard InChI is InChI=1S/C17H16Cl2N2O3/c18-13-3-2-12(14(19)8-13)5-6-20-17(22)21-9-11-1-4-15-16(7-11)24-10-23-15/h1-4,7-8H,5-6,9-10H2,(H2,20,21,22). The minimum Gasteiger partial charge on any atom is -0.454 e. The third kappa shape index (κ3) is 4.24. The number of ether oxygens (including phenoxy) is 2. The van der Waals surface area contributed by atoms with E-state index in [-0.39, 0.29) is 12.8 Å². The first-order valence-electron chi connectivity index (χ1n) is 7.46. The van der Waals surface area contributed by atoms with E-state index >= 15 is 0 Å². The molecule has 0 aromatic heterocycles. The van der Waals surface area contributed by atoms with Gasteiger partial charge in [-0.1, -0.05) is 35.3 Å². The van der Waals surface area contributed by atoms with Crippen molar-refractivity contribution in [2.75, 3.05) is 13.3 Å². The first-order chi connectivity index (χ1) is 11.6. The molecule has 2 N–H and O–H groups in total. The average molecular weight is 367 g/mol. The summed E-state index contributed by atoms with van der Waals surface area (Å²) in [6.07, 6.45) is 0.632. The molecule has 0 aliphatic carbocycles. The molecule has 0 radical (unpaired) electrons. The number of hydrogen-bond acceptors (Lipinski definition) is 3. The molecule has 3 rings (SSSR count). The van der Waals surface area contributed by atoms with Crippen molar-refractivity contribution >= 4 is 29.2 Å². The Bertz CT molecular complexity index is 753. The number of rotatable bonds is 5. The number of fused-ring (bicyclic) bond motifs is 1. The largest absolute Gasteiger partial charge is 0.454 e. The summed E-state index contributed by atoms with van der Waals surface area (Å²) in [7, 11) is 0. The molecule has 2 amide bonds. The van der Waals surface area contributed by atoms with E-state index in [2.05, 4.69) is 10.6 Å². The molecule has 5 nitrogen and oxygen atoms in total. The SMILES string of the molecule is O=C(NCCc1ccc(Cl)cc1Cl)NCc1ccc2c(c1)OCO2. The molecule has 1 aliphatic rings. The zero-order chi connectivity index (χ0) is 16.9. The zero-order valence-corrected chi connectivity index (χ0v) is 14.3. The quantitative estimate of drug-likeness (QED) is 0.846. The zero-order valence-electron chi connectivity index (χ0n) is 12.8. The van der Waals surface area contributed by atoms with Crippen LogP contribution in [0.4, 0.5) is 4.79 Å². The molecule has 0 spiro atoms. The molecular weight excluding hydrogens is 351 g/mol. The van der Waals surface area contributed by atoms with Crippen LogP contribution in [0.2, 0.25) is 10.0 Å². The van der Waals surface area contributed by atoms with Gasteiger partial charge in [-0.2, -0.15) is 0 Å². The van der Waals surface area contributed by atoms with Gasteiger partial charge in [0.1, 0.15) is 0 Å². The summed E-state index contributed by atoms with van der Waals surface area (Å²) in [6.45, 7) is 1.12. The number of carbonyl (C=O) groups is 1. The van der Waals surface area contributed by atoms with E-state index in [4.69, 9.17) is 32.7 Å². The Morgan fingerprint density at radius 2 is 1.88 bits per heavy atom. The molecular formula is C17H16Cl2N2O3. The number of urea groups is 1. The minimum absolute atomic E-state index is 0.236. The van der Waals surface area contributed by atoms with Crippen LogP contribution >= 0.6 is 23.2 Å². The van der Waals surface area contributed by atoms with Gasteiger partial charge in [0.2, 0.25) is 6.79 Å². The first kappa shape index (κ1) is 16.7. The van der Waals surface area contributed by atoms with Crippen molar-refractivity contribution in [3.8, 4) is 11.5 Å². The molecule has 0 unspecified atom stereocenters. The topological polar surface area (TPSA) is 59.6 Å². The Balaban J connectivity index is 1.43. The Morgan fingerprint density at radius 1 is 1.04 bits per heavy atom. The van der Waals surface area contributed by atoms with Crippen molar-refractivity contribution in [1.82, 2.24) is 10.6 Å². The number of hydrogen-bond donors (Lipinski definition) is 2. The molecule has 7 heteroatoms. The molecule has 0 bridgehead atoms. The molecule has 1 heterocycles. The van der Waals surface area contributed by atoms with Gasteiger partial charge in [-0.3, -0.25) is 0 Å². The highest BCUT2D eigenvalue weighted by Gasteiger charge is 2.13. The van der Waals surface area contributed by atoms with Crippen molar-refractivity contribution in [3.05, 3.63) is 57.6 Å². The van der Waals surface area contributed by atoms with Crippen molar-refractivity contribution in [3.63, 3.8) is 0 Å². The van der Waals surface area contributed by atoms with E-state index in [0.29, 0.717) is 35.3 Å². The Labute approximate surface area is 149 Å². The molecule has 2 aromatic rings. The predicted molar refractivity (Wildman–Crippen MR) is 93.0 cm³/mol. The van der Waals surface area contributed by atoms with Gasteiger partial charge in [-0.15, -0.1) is 0 Å². The van der Waals surface area contributed by atoms with Crippen molar-refractivity contribution in [2.24, 2.45) is 0 Å². The highest BCUT2D eigenvalue weighted by atomic mass is 35.5. The van der Waals surface area contributed by atoms with E-state index in [9.17, 15) is 4.79 Å². The monoisotopic (exact) mass is 366 g/mol. The predicted octanol–water partition coefficient (Wildman–Crippen LogP) is 3.76. The lowest BCUT2D eigenvalue weighted by molar-refractivity contribution is 0.174. The molecule has 0 saturated heterocycles. The summed E-state index contributed by atoms with van der Waals surface area (Å²) in [6, 6.07) is 10.7. The summed E-state index contributed by atoms with van der Waals surface area (Å²) in [5.41, 5.74) is 1.88. The van der Waals surface area contributed by atoms with Crippen LogP contribution in [0.1, 0.15) is 11.1 Å². The molecule has 0 fully saturated rings. The van der Waals surface area contributed by atoms with E-state index in [1.54, 1.807) is 12.1 Å². The second kappa shape index (κ2) is 7.64. The fourth-order valence-electron chi connectivity index (χ4n) is 2.33. The van der Waals surface area contributed by atoms with Gasteiger partial charge in [-0.05, 0) is 41.8 Å². The summed E-state index contributed by atoms with van der Waals surface area (Å²) in [5, 5.41) is 6.80. The maximum absolute atomic E-state index is 11.8. The maximum atomic E-state index is 11.8. The van der Waals surface area contributed by atoms with Crippen molar-refractivity contribution in [1.29, 1.82) is 0 Å². The van der Waals surface area contributed by atoms with Crippen LogP contribution in [0, 0.1) is 0 Å². The van der Waals surface area contributed by atoms with Crippen LogP contribution in [0.3, 0.4) is 0 Å². The van der Waals surface area contributed by atoms with Crippen LogP contribution in [0.5, 0.6) is 11.5 Å². The highest BCUT2D eigenvalue weighted by Crippen LogP contribution is 2.32. The van der Waals surface area contributed by atoms with E-state index in [1.807, 2.05) is 24.3 Å². The Morgan fingerprint density at radius 3 is 2.71 bits per heavy atom. The number of benzene rings is 2. The lowest BCUT2D eigenvalue weighted by Crippen LogP contribution is -2.36. The molecule has 2 aromatic carbocycles. The maximum Gasteiger partial charge on any atom is 0.315 e. The number of nitrogens with one attached hydrogen (secondary N) is 2. The van der Waals surface area contributed by atoms with Crippen LogP contribution in [-0.2, 0) is 13.0 Å².